The van der Waals surface area contributed by atoms with Gasteiger partial charge in [-0.25, -0.2) is 0 Å². The molecule has 0 aliphatic rings. The second kappa shape index (κ2) is 5.16. The van der Waals surface area contributed by atoms with Crippen LogP contribution in [0.25, 0.3) is 0 Å². The monoisotopic (exact) mass is 157 g/mol. The Balaban J connectivity index is 3.56. The molecule has 0 heterocycles. The Morgan fingerprint density at radius 1 is 1.45 bits per heavy atom. The van der Waals surface area contributed by atoms with Crippen LogP contribution in [0.15, 0.2) is 0 Å². The lowest BCUT2D eigenvalue weighted by Crippen LogP contribution is -2.22. The first kappa shape index (κ1) is 10.5. The summed E-state index contributed by atoms with van der Waals surface area (Å²) in [6, 6.07) is 0. The predicted molar refractivity (Wildman–Crippen MR) is 47.0 cm³/mol. The van der Waals surface area contributed by atoms with E-state index < -0.39 is 0 Å². The minimum Gasteiger partial charge on any atom is -0.369 e. The van der Waals surface area contributed by atoms with Gasteiger partial charge in [-0.3, -0.25) is 4.79 Å². The van der Waals surface area contributed by atoms with Crippen molar-refractivity contribution in [1.29, 1.82) is 0 Å². The molecule has 11 heavy (non-hydrogen) atoms. The SMILES string of the molecule is CCCC(C)CC(C)C(N)=O. The van der Waals surface area contributed by atoms with Gasteiger partial charge in [0.2, 0.25) is 5.91 Å². The number of carbonyl (C=O) groups excluding carboxylic acids is 1. The Morgan fingerprint density at radius 3 is 2.36 bits per heavy atom. The van der Waals surface area contributed by atoms with Crippen LogP contribution in [-0.4, -0.2) is 5.91 Å². The maximum atomic E-state index is 10.7. The van der Waals surface area contributed by atoms with Gasteiger partial charge in [-0.1, -0.05) is 33.6 Å². The first-order valence-electron chi connectivity index (χ1n) is 4.37. The van der Waals surface area contributed by atoms with E-state index in [9.17, 15) is 4.79 Å². The van der Waals surface area contributed by atoms with Gasteiger partial charge in [0, 0.05) is 5.92 Å². The third kappa shape index (κ3) is 4.82. The molecule has 2 nitrogen and oxygen atoms in total. The van der Waals surface area contributed by atoms with Crippen LogP contribution in [0.2, 0.25) is 0 Å². The van der Waals surface area contributed by atoms with Crippen LogP contribution in [0.3, 0.4) is 0 Å². The molecule has 2 atom stereocenters. The summed E-state index contributed by atoms with van der Waals surface area (Å²) in [5, 5.41) is 0. The molecule has 0 bridgehead atoms. The molecule has 0 aliphatic carbocycles. The molecule has 0 aliphatic heterocycles. The third-order valence-electron chi connectivity index (χ3n) is 2.02. The zero-order valence-electron chi connectivity index (χ0n) is 7.76. The largest absolute Gasteiger partial charge is 0.369 e. The summed E-state index contributed by atoms with van der Waals surface area (Å²) >= 11 is 0. The number of amides is 1. The Hall–Kier alpha value is -0.530. The summed E-state index contributed by atoms with van der Waals surface area (Å²) in [6.07, 6.45) is 3.31. The van der Waals surface area contributed by atoms with Gasteiger partial charge < -0.3 is 5.73 Å². The van der Waals surface area contributed by atoms with Crippen molar-refractivity contribution >= 4 is 5.91 Å². The molecule has 1 amide bonds. The summed E-state index contributed by atoms with van der Waals surface area (Å²) in [7, 11) is 0. The van der Waals surface area contributed by atoms with Crippen molar-refractivity contribution in [1.82, 2.24) is 0 Å². The summed E-state index contributed by atoms with van der Waals surface area (Å²) in [6.45, 7) is 6.23. The standard InChI is InChI=1S/C9H19NO/c1-4-5-7(2)6-8(3)9(10)11/h7-8H,4-6H2,1-3H3,(H2,10,11). The molecule has 0 aromatic heterocycles. The first-order valence-corrected chi connectivity index (χ1v) is 4.37. The van der Waals surface area contributed by atoms with Gasteiger partial charge in [0.25, 0.3) is 0 Å². The van der Waals surface area contributed by atoms with Gasteiger partial charge in [0.05, 0.1) is 0 Å². The van der Waals surface area contributed by atoms with Crippen LogP contribution >= 0.6 is 0 Å². The molecule has 0 aromatic carbocycles. The second-order valence-electron chi connectivity index (χ2n) is 3.43. The lowest BCUT2D eigenvalue weighted by atomic mass is 9.93. The number of rotatable bonds is 5. The van der Waals surface area contributed by atoms with Crippen molar-refractivity contribution in [3.63, 3.8) is 0 Å². The predicted octanol–water partition coefficient (Wildman–Crippen LogP) is 1.93. The normalized spacial score (nSPS) is 15.9. The van der Waals surface area contributed by atoms with E-state index in [1.807, 2.05) is 6.92 Å². The van der Waals surface area contributed by atoms with Crippen molar-refractivity contribution in [2.45, 2.75) is 40.0 Å². The number of carbonyl (C=O) groups is 1. The van der Waals surface area contributed by atoms with Crippen LogP contribution in [0.5, 0.6) is 0 Å². The Bertz CT molecular complexity index is 123. The molecule has 0 saturated carbocycles. The Kier molecular flexibility index (Phi) is 4.92. The van der Waals surface area contributed by atoms with Crippen LogP contribution in [-0.2, 0) is 4.79 Å². The van der Waals surface area contributed by atoms with E-state index in [0.29, 0.717) is 5.92 Å². The molecule has 0 fully saturated rings. The smallest absolute Gasteiger partial charge is 0.220 e. The zero-order chi connectivity index (χ0) is 8.85. The van der Waals surface area contributed by atoms with Crippen molar-refractivity contribution in [2.24, 2.45) is 17.6 Å². The number of nitrogens with two attached hydrogens (primary N) is 1. The summed E-state index contributed by atoms with van der Waals surface area (Å²) in [4.78, 5) is 10.7. The quantitative estimate of drug-likeness (QED) is 0.651. The number of primary amides is 1. The van der Waals surface area contributed by atoms with E-state index in [-0.39, 0.29) is 11.8 Å². The average Bonchev–Trinajstić information content (AvgIpc) is 1.87. The molecule has 2 heteroatoms. The molecule has 0 spiro atoms. The highest BCUT2D eigenvalue weighted by molar-refractivity contribution is 5.76. The maximum absolute atomic E-state index is 10.7. The Labute approximate surface area is 69.2 Å². The van der Waals surface area contributed by atoms with E-state index in [4.69, 9.17) is 5.73 Å². The van der Waals surface area contributed by atoms with E-state index in [0.717, 1.165) is 6.42 Å². The lowest BCUT2D eigenvalue weighted by molar-refractivity contribution is -0.121. The lowest BCUT2D eigenvalue weighted by Gasteiger charge is -2.13. The van der Waals surface area contributed by atoms with E-state index in [1.54, 1.807) is 0 Å². The topological polar surface area (TPSA) is 43.1 Å². The fourth-order valence-corrected chi connectivity index (χ4v) is 1.33. The fourth-order valence-electron chi connectivity index (χ4n) is 1.33. The van der Waals surface area contributed by atoms with Crippen molar-refractivity contribution in [2.75, 3.05) is 0 Å². The highest BCUT2D eigenvalue weighted by Crippen LogP contribution is 2.15. The zero-order valence-corrected chi connectivity index (χ0v) is 7.76. The van der Waals surface area contributed by atoms with Gasteiger partial charge in [-0.2, -0.15) is 0 Å². The molecule has 2 unspecified atom stereocenters. The summed E-state index contributed by atoms with van der Waals surface area (Å²) in [5.41, 5.74) is 5.14. The van der Waals surface area contributed by atoms with Gasteiger partial charge in [-0.15, -0.1) is 0 Å². The van der Waals surface area contributed by atoms with Crippen LogP contribution in [0, 0.1) is 11.8 Å². The van der Waals surface area contributed by atoms with E-state index in [2.05, 4.69) is 13.8 Å². The minimum absolute atomic E-state index is 0.0385. The number of hydrogen-bond donors (Lipinski definition) is 1. The van der Waals surface area contributed by atoms with Gasteiger partial charge in [-0.05, 0) is 12.3 Å². The molecule has 0 saturated heterocycles. The van der Waals surface area contributed by atoms with Gasteiger partial charge in [0.1, 0.15) is 0 Å². The Morgan fingerprint density at radius 2 is 2.00 bits per heavy atom. The fraction of sp³-hybridized carbons (Fsp3) is 0.889. The second-order valence-corrected chi connectivity index (χ2v) is 3.43. The average molecular weight is 157 g/mol. The van der Waals surface area contributed by atoms with Crippen LogP contribution < -0.4 is 5.73 Å². The highest BCUT2D eigenvalue weighted by atomic mass is 16.1. The first-order chi connectivity index (χ1) is 5.07. The van der Waals surface area contributed by atoms with Crippen molar-refractivity contribution in [3.05, 3.63) is 0 Å². The van der Waals surface area contributed by atoms with Crippen molar-refractivity contribution < 1.29 is 4.79 Å². The molecular formula is C9H19NO. The van der Waals surface area contributed by atoms with E-state index >= 15 is 0 Å². The summed E-state index contributed by atoms with van der Waals surface area (Å²) in [5.74, 6) is 0.493. The third-order valence-corrected chi connectivity index (χ3v) is 2.02. The maximum Gasteiger partial charge on any atom is 0.220 e. The minimum atomic E-state index is -0.173. The molecule has 0 radical (unpaired) electrons. The number of hydrogen-bond acceptors (Lipinski definition) is 1. The molecule has 0 aromatic rings. The molecule has 2 N–H and O–H groups in total. The van der Waals surface area contributed by atoms with Crippen molar-refractivity contribution in [3.8, 4) is 0 Å². The highest BCUT2D eigenvalue weighted by Gasteiger charge is 2.12. The van der Waals surface area contributed by atoms with Crippen LogP contribution in [0.1, 0.15) is 40.0 Å². The molecule has 66 valence electrons. The van der Waals surface area contributed by atoms with Gasteiger partial charge in [0.15, 0.2) is 0 Å². The van der Waals surface area contributed by atoms with E-state index in [1.165, 1.54) is 12.8 Å². The van der Waals surface area contributed by atoms with Gasteiger partial charge >= 0.3 is 0 Å². The summed E-state index contributed by atoms with van der Waals surface area (Å²) < 4.78 is 0. The molecular weight excluding hydrogens is 138 g/mol. The van der Waals surface area contributed by atoms with Crippen LogP contribution in [0.4, 0.5) is 0 Å². The molecule has 0 rings (SSSR count).